The van der Waals surface area contributed by atoms with Crippen molar-refractivity contribution in [3.63, 3.8) is 0 Å². The number of halogens is 1. The van der Waals surface area contributed by atoms with E-state index in [2.05, 4.69) is 10.6 Å². The van der Waals surface area contributed by atoms with E-state index in [1.54, 1.807) is 23.1 Å². The molecule has 3 rings (SSSR count). The fourth-order valence-corrected chi connectivity index (χ4v) is 3.73. The molecule has 0 saturated carbocycles. The Morgan fingerprint density at radius 2 is 2.23 bits per heavy atom. The molecule has 2 fully saturated rings. The van der Waals surface area contributed by atoms with Gasteiger partial charge in [0, 0.05) is 37.1 Å². The number of ether oxygens (including phenoxy) is 1. The maximum atomic E-state index is 13.0. The Morgan fingerprint density at radius 1 is 1.42 bits per heavy atom. The van der Waals surface area contributed by atoms with Crippen molar-refractivity contribution >= 4 is 23.4 Å². The van der Waals surface area contributed by atoms with Crippen molar-refractivity contribution in [2.75, 3.05) is 33.3 Å². The Hall–Kier alpha value is -1.83. The summed E-state index contributed by atoms with van der Waals surface area (Å²) in [6.07, 6.45) is 0.930. The molecule has 3 atom stereocenters. The Bertz CT molecular complexity index is 684. The van der Waals surface area contributed by atoms with E-state index in [1.165, 1.54) is 7.11 Å². The maximum absolute atomic E-state index is 13.0. The fraction of sp³-hybridized carbons (Fsp3) is 0.556. The number of nitrogens with one attached hydrogen (secondary N) is 2. The summed E-state index contributed by atoms with van der Waals surface area (Å²) in [6.45, 7) is 2.13. The van der Waals surface area contributed by atoms with E-state index in [0.29, 0.717) is 48.9 Å². The predicted molar refractivity (Wildman–Crippen MR) is 97.4 cm³/mol. The highest BCUT2D eigenvalue weighted by molar-refractivity contribution is 6.31. The van der Waals surface area contributed by atoms with Gasteiger partial charge in [0.05, 0.1) is 18.8 Å². The molecular weight excluding hydrogens is 358 g/mol. The number of hydrogen-bond donors (Lipinski definition) is 3. The number of likely N-dealkylation sites (tertiary alicyclic amines) is 1. The van der Waals surface area contributed by atoms with E-state index in [0.717, 1.165) is 6.42 Å². The minimum atomic E-state index is -0.516. The minimum Gasteiger partial charge on any atom is -0.496 e. The number of aliphatic hydroxyl groups excluding tert-OH is 1. The number of carbonyl (C=O) groups excluding carboxylic acids is 2. The van der Waals surface area contributed by atoms with Gasteiger partial charge in [-0.1, -0.05) is 11.6 Å². The third kappa shape index (κ3) is 3.95. The van der Waals surface area contributed by atoms with Crippen molar-refractivity contribution in [2.45, 2.75) is 25.0 Å². The Morgan fingerprint density at radius 3 is 2.92 bits per heavy atom. The summed E-state index contributed by atoms with van der Waals surface area (Å²) in [6, 6.07) is 4.36. The smallest absolute Gasteiger partial charge is 0.258 e. The van der Waals surface area contributed by atoms with Crippen LogP contribution in [0.4, 0.5) is 0 Å². The van der Waals surface area contributed by atoms with Crippen molar-refractivity contribution in [3.8, 4) is 5.75 Å². The van der Waals surface area contributed by atoms with E-state index in [4.69, 9.17) is 16.3 Å². The molecule has 3 unspecified atom stereocenters. The first-order chi connectivity index (χ1) is 12.5. The number of carbonyl (C=O) groups is 2. The van der Waals surface area contributed by atoms with Crippen molar-refractivity contribution in [2.24, 2.45) is 5.92 Å². The molecule has 2 heterocycles. The van der Waals surface area contributed by atoms with Crippen LogP contribution in [-0.2, 0) is 4.79 Å². The average molecular weight is 382 g/mol. The zero-order valence-corrected chi connectivity index (χ0v) is 15.5. The molecule has 142 valence electrons. The lowest BCUT2D eigenvalue weighted by molar-refractivity contribution is -0.125. The summed E-state index contributed by atoms with van der Waals surface area (Å²) in [5, 5.41) is 16.2. The highest BCUT2D eigenvalue weighted by Gasteiger charge is 2.36. The van der Waals surface area contributed by atoms with Gasteiger partial charge in [-0.3, -0.25) is 9.59 Å². The van der Waals surface area contributed by atoms with Crippen LogP contribution in [0.2, 0.25) is 5.02 Å². The molecular formula is C18H24ClN3O4. The van der Waals surface area contributed by atoms with Gasteiger partial charge in [0.25, 0.3) is 5.91 Å². The third-order valence-corrected chi connectivity index (χ3v) is 5.29. The van der Waals surface area contributed by atoms with Gasteiger partial charge in [-0.25, -0.2) is 0 Å². The Labute approximate surface area is 157 Å². The fourth-order valence-electron chi connectivity index (χ4n) is 3.56. The molecule has 2 saturated heterocycles. The molecule has 0 aliphatic carbocycles. The molecule has 2 aliphatic rings. The molecule has 2 aliphatic heterocycles. The molecule has 0 radical (unpaired) electrons. The molecule has 1 aromatic carbocycles. The van der Waals surface area contributed by atoms with Crippen LogP contribution < -0.4 is 15.4 Å². The third-order valence-electron chi connectivity index (χ3n) is 5.05. The van der Waals surface area contributed by atoms with Crippen LogP contribution in [0, 0.1) is 5.92 Å². The van der Waals surface area contributed by atoms with Gasteiger partial charge in [0.1, 0.15) is 11.8 Å². The van der Waals surface area contributed by atoms with Gasteiger partial charge in [0.15, 0.2) is 0 Å². The van der Waals surface area contributed by atoms with E-state index >= 15 is 0 Å². The Kier molecular flexibility index (Phi) is 6.01. The maximum Gasteiger partial charge on any atom is 0.258 e. The number of rotatable bonds is 5. The summed E-state index contributed by atoms with van der Waals surface area (Å²) < 4.78 is 5.26. The van der Waals surface area contributed by atoms with E-state index < -0.39 is 12.1 Å². The van der Waals surface area contributed by atoms with Gasteiger partial charge < -0.3 is 25.4 Å². The number of amides is 2. The SMILES string of the molecule is COc1ccc(Cl)cc1C(=O)N1CCCC1C(=O)NCC1CNCC1O. The molecule has 3 N–H and O–H groups in total. The second-order valence-corrected chi connectivity index (χ2v) is 7.17. The van der Waals surface area contributed by atoms with Crippen molar-refractivity contribution in [3.05, 3.63) is 28.8 Å². The van der Waals surface area contributed by atoms with E-state index in [9.17, 15) is 14.7 Å². The number of β-amino-alcohol motifs (C(OH)–C–C–N with tert-alkyl or cyclic N) is 1. The monoisotopic (exact) mass is 381 g/mol. The lowest BCUT2D eigenvalue weighted by atomic mass is 10.1. The summed E-state index contributed by atoms with van der Waals surface area (Å²) in [5.74, 6) is -0.0105. The predicted octanol–water partition coefficient (Wildman–Crippen LogP) is 0.650. The normalized spacial score (nSPS) is 25.3. The summed E-state index contributed by atoms with van der Waals surface area (Å²) in [5.41, 5.74) is 0.357. The molecule has 1 aromatic rings. The second kappa shape index (κ2) is 8.24. The zero-order chi connectivity index (χ0) is 18.7. The van der Waals surface area contributed by atoms with E-state index in [-0.39, 0.29) is 17.7 Å². The summed E-state index contributed by atoms with van der Waals surface area (Å²) in [7, 11) is 1.50. The second-order valence-electron chi connectivity index (χ2n) is 6.73. The highest BCUT2D eigenvalue weighted by Crippen LogP contribution is 2.27. The zero-order valence-electron chi connectivity index (χ0n) is 14.7. The quantitative estimate of drug-likeness (QED) is 0.696. The van der Waals surface area contributed by atoms with Crippen LogP contribution in [0.1, 0.15) is 23.2 Å². The number of aliphatic hydroxyl groups is 1. The minimum absolute atomic E-state index is 0.00229. The average Bonchev–Trinajstić information content (AvgIpc) is 3.28. The Balaban J connectivity index is 1.68. The molecule has 0 aromatic heterocycles. The van der Waals surface area contributed by atoms with Crippen LogP contribution in [0.5, 0.6) is 5.75 Å². The first kappa shape index (κ1) is 18.9. The first-order valence-electron chi connectivity index (χ1n) is 8.82. The van der Waals surface area contributed by atoms with Crippen molar-refractivity contribution in [1.29, 1.82) is 0 Å². The van der Waals surface area contributed by atoms with E-state index in [1.807, 2.05) is 0 Å². The van der Waals surface area contributed by atoms with Crippen molar-refractivity contribution in [1.82, 2.24) is 15.5 Å². The first-order valence-corrected chi connectivity index (χ1v) is 9.20. The van der Waals surface area contributed by atoms with Gasteiger partial charge in [-0.05, 0) is 31.0 Å². The summed E-state index contributed by atoms with van der Waals surface area (Å²) in [4.78, 5) is 27.2. The highest BCUT2D eigenvalue weighted by atomic mass is 35.5. The van der Waals surface area contributed by atoms with Crippen molar-refractivity contribution < 1.29 is 19.4 Å². The van der Waals surface area contributed by atoms with Gasteiger partial charge in [0.2, 0.25) is 5.91 Å². The van der Waals surface area contributed by atoms with Crippen LogP contribution in [-0.4, -0.2) is 67.3 Å². The molecule has 26 heavy (non-hydrogen) atoms. The lowest BCUT2D eigenvalue weighted by Crippen LogP contribution is -2.47. The standard InChI is InChI=1S/C18H24ClN3O4/c1-26-16-5-4-12(19)7-13(16)18(25)22-6-2-3-14(22)17(24)21-9-11-8-20-10-15(11)23/h4-5,7,11,14-15,20,23H,2-3,6,8-10H2,1H3,(H,21,24). The van der Waals surface area contributed by atoms with Crippen LogP contribution in [0.15, 0.2) is 18.2 Å². The summed E-state index contributed by atoms with van der Waals surface area (Å²) >= 11 is 6.02. The van der Waals surface area contributed by atoms with Crippen LogP contribution in [0.3, 0.4) is 0 Å². The number of benzene rings is 1. The topological polar surface area (TPSA) is 90.9 Å². The molecule has 0 spiro atoms. The van der Waals surface area contributed by atoms with Crippen LogP contribution >= 0.6 is 11.6 Å². The molecule has 8 heteroatoms. The largest absolute Gasteiger partial charge is 0.496 e. The number of hydrogen-bond acceptors (Lipinski definition) is 5. The number of methoxy groups -OCH3 is 1. The van der Waals surface area contributed by atoms with Crippen LogP contribution in [0.25, 0.3) is 0 Å². The molecule has 7 nitrogen and oxygen atoms in total. The van der Waals surface area contributed by atoms with Gasteiger partial charge in [-0.2, -0.15) is 0 Å². The molecule has 2 amide bonds. The molecule has 0 bridgehead atoms. The lowest BCUT2D eigenvalue weighted by Gasteiger charge is -2.25. The van der Waals surface area contributed by atoms with Gasteiger partial charge >= 0.3 is 0 Å². The van der Waals surface area contributed by atoms with Gasteiger partial charge in [-0.15, -0.1) is 0 Å². The number of nitrogens with zero attached hydrogens (tertiary/aromatic N) is 1.